The maximum atomic E-state index is 12.2. The van der Waals surface area contributed by atoms with Gasteiger partial charge >= 0.3 is 0 Å². The second-order valence-corrected chi connectivity index (χ2v) is 5.31. The maximum absolute atomic E-state index is 12.2. The van der Waals surface area contributed by atoms with Crippen LogP contribution in [0.1, 0.15) is 23.0 Å². The third-order valence-corrected chi connectivity index (χ3v) is 3.56. The van der Waals surface area contributed by atoms with Crippen molar-refractivity contribution in [1.82, 2.24) is 5.32 Å². The van der Waals surface area contributed by atoms with Gasteiger partial charge in [0.05, 0.1) is 21.9 Å². The van der Waals surface area contributed by atoms with Crippen LogP contribution in [0.25, 0.3) is 0 Å². The van der Waals surface area contributed by atoms with Gasteiger partial charge in [-0.2, -0.15) is 0 Å². The number of halogens is 2. The average Bonchev–Trinajstić information content (AvgIpc) is 2.86. The average molecular weight is 313 g/mol. The third-order valence-electron chi connectivity index (χ3n) is 2.76. The lowest BCUT2D eigenvalue weighted by atomic mass is 10.1. The highest BCUT2D eigenvalue weighted by Gasteiger charge is 2.16. The molecule has 0 spiro atoms. The van der Waals surface area contributed by atoms with Gasteiger partial charge in [-0.05, 0) is 31.2 Å². The Hall–Kier alpha value is -1.65. The van der Waals surface area contributed by atoms with E-state index >= 15 is 0 Å². The molecule has 0 aliphatic rings. The summed E-state index contributed by atoms with van der Waals surface area (Å²) in [5.41, 5.74) is 6.33. The molecule has 1 unspecified atom stereocenters. The summed E-state index contributed by atoms with van der Waals surface area (Å²) < 4.78 is 5.23. The van der Waals surface area contributed by atoms with Crippen molar-refractivity contribution in [3.05, 3.63) is 51.9 Å². The van der Waals surface area contributed by atoms with E-state index in [-0.39, 0.29) is 27.6 Å². The van der Waals surface area contributed by atoms with E-state index in [0.29, 0.717) is 12.1 Å². The number of nitrogens with one attached hydrogen (secondary N) is 1. The second kappa shape index (κ2) is 6.20. The van der Waals surface area contributed by atoms with Crippen LogP contribution in [0.5, 0.6) is 0 Å². The molecule has 4 nitrogen and oxygen atoms in total. The number of hydrogen-bond acceptors (Lipinski definition) is 3. The first kappa shape index (κ1) is 14.8. The van der Waals surface area contributed by atoms with Crippen molar-refractivity contribution in [3.63, 3.8) is 0 Å². The number of amides is 1. The fourth-order valence-corrected chi connectivity index (χ4v) is 2.28. The van der Waals surface area contributed by atoms with Crippen LogP contribution < -0.4 is 11.1 Å². The van der Waals surface area contributed by atoms with Crippen LogP contribution in [0.2, 0.25) is 10.0 Å². The second-order valence-electron chi connectivity index (χ2n) is 4.52. The highest BCUT2D eigenvalue weighted by Crippen LogP contribution is 2.28. The van der Waals surface area contributed by atoms with Gasteiger partial charge in [-0.1, -0.05) is 23.2 Å². The molecule has 0 aliphatic carbocycles. The summed E-state index contributed by atoms with van der Waals surface area (Å²) in [6.45, 7) is 1.88. The smallest absolute Gasteiger partial charge is 0.253 e. The molecule has 20 heavy (non-hydrogen) atoms. The van der Waals surface area contributed by atoms with E-state index in [9.17, 15) is 4.79 Å². The molecular weight excluding hydrogens is 299 g/mol. The quantitative estimate of drug-likeness (QED) is 0.849. The number of hydrogen-bond donors (Lipinski definition) is 2. The molecular formula is C14H14Cl2N2O2. The van der Waals surface area contributed by atoms with Crippen LogP contribution in [-0.4, -0.2) is 11.9 Å². The Morgan fingerprint density at radius 3 is 2.85 bits per heavy atom. The number of nitrogens with two attached hydrogens (primary N) is 1. The number of nitrogen functional groups attached to an aromatic ring is 1. The molecule has 0 saturated carbocycles. The number of anilines is 1. The molecule has 1 atom stereocenters. The molecule has 0 aliphatic heterocycles. The lowest BCUT2D eigenvalue weighted by molar-refractivity contribution is 0.0939. The zero-order valence-corrected chi connectivity index (χ0v) is 12.3. The summed E-state index contributed by atoms with van der Waals surface area (Å²) in [6, 6.07) is 6.56. The van der Waals surface area contributed by atoms with Gasteiger partial charge in [-0.15, -0.1) is 0 Å². The van der Waals surface area contributed by atoms with Gasteiger partial charge in [0.25, 0.3) is 5.91 Å². The standard InChI is InChI=1S/C14H14Cl2N2O2/c1-8(5-10-3-2-4-20-10)18-14(19)11-6-9(17)7-12(15)13(11)16/h2-4,6-8H,5,17H2,1H3,(H,18,19). The summed E-state index contributed by atoms with van der Waals surface area (Å²) in [5.74, 6) is 0.484. The summed E-state index contributed by atoms with van der Waals surface area (Å²) in [7, 11) is 0. The molecule has 106 valence electrons. The molecule has 6 heteroatoms. The SMILES string of the molecule is CC(Cc1ccco1)NC(=O)c1cc(N)cc(Cl)c1Cl. The zero-order valence-electron chi connectivity index (χ0n) is 10.8. The van der Waals surface area contributed by atoms with Gasteiger partial charge in [0.15, 0.2) is 0 Å². The van der Waals surface area contributed by atoms with Gasteiger partial charge in [-0.3, -0.25) is 4.79 Å². The largest absolute Gasteiger partial charge is 0.469 e. The minimum absolute atomic E-state index is 0.107. The van der Waals surface area contributed by atoms with E-state index in [1.165, 1.54) is 12.1 Å². The highest BCUT2D eigenvalue weighted by molar-refractivity contribution is 6.44. The van der Waals surface area contributed by atoms with Gasteiger partial charge in [0.1, 0.15) is 5.76 Å². The van der Waals surface area contributed by atoms with Gasteiger partial charge < -0.3 is 15.5 Å². The predicted molar refractivity (Wildman–Crippen MR) is 80.2 cm³/mol. The van der Waals surface area contributed by atoms with E-state index < -0.39 is 0 Å². The number of furan rings is 1. The van der Waals surface area contributed by atoms with Crippen molar-refractivity contribution in [3.8, 4) is 0 Å². The first-order chi connectivity index (χ1) is 9.47. The van der Waals surface area contributed by atoms with Crippen LogP contribution in [0.15, 0.2) is 34.9 Å². The first-order valence-electron chi connectivity index (χ1n) is 6.05. The Balaban J connectivity index is 2.08. The zero-order chi connectivity index (χ0) is 14.7. The van der Waals surface area contributed by atoms with Crippen molar-refractivity contribution in [2.24, 2.45) is 0 Å². The molecule has 0 bridgehead atoms. The lowest BCUT2D eigenvalue weighted by Crippen LogP contribution is -2.34. The van der Waals surface area contributed by atoms with Crippen LogP contribution >= 0.6 is 23.2 Å². The third kappa shape index (κ3) is 3.46. The van der Waals surface area contributed by atoms with Crippen molar-refractivity contribution in [2.45, 2.75) is 19.4 Å². The minimum Gasteiger partial charge on any atom is -0.469 e. The monoisotopic (exact) mass is 312 g/mol. The highest BCUT2D eigenvalue weighted by atomic mass is 35.5. The van der Waals surface area contributed by atoms with E-state index in [0.717, 1.165) is 5.76 Å². The molecule has 0 fully saturated rings. The summed E-state index contributed by atoms with van der Waals surface area (Å²) in [6.07, 6.45) is 2.19. The first-order valence-corrected chi connectivity index (χ1v) is 6.80. The predicted octanol–water partition coefficient (Wildman–Crippen LogP) is 3.53. The minimum atomic E-state index is -0.316. The van der Waals surface area contributed by atoms with Crippen molar-refractivity contribution in [2.75, 3.05) is 5.73 Å². The molecule has 2 aromatic rings. The Bertz CT molecular complexity index is 612. The van der Waals surface area contributed by atoms with E-state index in [2.05, 4.69) is 5.32 Å². The van der Waals surface area contributed by atoms with Crippen LogP contribution in [0.3, 0.4) is 0 Å². The number of benzene rings is 1. The molecule has 1 amide bonds. The van der Waals surface area contributed by atoms with Gasteiger partial charge in [-0.25, -0.2) is 0 Å². The van der Waals surface area contributed by atoms with E-state index in [4.69, 9.17) is 33.4 Å². The summed E-state index contributed by atoms with van der Waals surface area (Å²) in [5, 5.41) is 3.29. The molecule has 0 saturated heterocycles. The van der Waals surface area contributed by atoms with Gasteiger partial charge in [0.2, 0.25) is 0 Å². The summed E-state index contributed by atoms with van der Waals surface area (Å²) in [4.78, 5) is 12.2. The van der Waals surface area contributed by atoms with E-state index in [1.54, 1.807) is 12.3 Å². The van der Waals surface area contributed by atoms with Gasteiger partial charge in [0, 0.05) is 18.2 Å². The molecule has 0 radical (unpaired) electrons. The molecule has 2 rings (SSSR count). The van der Waals surface area contributed by atoms with Crippen molar-refractivity contribution >= 4 is 34.8 Å². The molecule has 1 aromatic carbocycles. The molecule has 3 N–H and O–H groups in total. The maximum Gasteiger partial charge on any atom is 0.253 e. The van der Waals surface area contributed by atoms with Crippen LogP contribution in [0.4, 0.5) is 5.69 Å². The summed E-state index contributed by atoms with van der Waals surface area (Å²) >= 11 is 11.9. The molecule has 1 aromatic heterocycles. The Kier molecular flexibility index (Phi) is 4.57. The topological polar surface area (TPSA) is 68.3 Å². The lowest BCUT2D eigenvalue weighted by Gasteiger charge is -2.14. The number of carbonyl (C=O) groups excluding carboxylic acids is 1. The number of carbonyl (C=O) groups is 1. The van der Waals surface area contributed by atoms with Crippen LogP contribution in [-0.2, 0) is 6.42 Å². The van der Waals surface area contributed by atoms with Crippen molar-refractivity contribution < 1.29 is 9.21 Å². The number of rotatable bonds is 4. The normalized spacial score (nSPS) is 12.2. The van der Waals surface area contributed by atoms with Crippen molar-refractivity contribution in [1.29, 1.82) is 0 Å². The molecule has 1 heterocycles. The van der Waals surface area contributed by atoms with E-state index in [1.807, 2.05) is 13.0 Å². The fraction of sp³-hybridized carbons (Fsp3) is 0.214. The Labute approximate surface area is 126 Å². The Morgan fingerprint density at radius 1 is 1.45 bits per heavy atom. The Morgan fingerprint density at radius 2 is 2.20 bits per heavy atom. The fourth-order valence-electron chi connectivity index (χ4n) is 1.86. The van der Waals surface area contributed by atoms with Crippen LogP contribution in [0, 0.1) is 0 Å².